The second-order valence-electron chi connectivity index (χ2n) is 6.99. The van der Waals surface area contributed by atoms with Crippen LogP contribution in [0.4, 0.5) is 0 Å². The summed E-state index contributed by atoms with van der Waals surface area (Å²) in [5.41, 5.74) is 1.39. The van der Waals surface area contributed by atoms with Gasteiger partial charge in [0.25, 0.3) is 5.91 Å². The maximum Gasteiger partial charge on any atom is 0.307 e. The molecule has 1 atom stereocenters. The van der Waals surface area contributed by atoms with Crippen LogP contribution >= 0.6 is 0 Å². The van der Waals surface area contributed by atoms with Crippen LogP contribution < -0.4 is 14.8 Å². The molecule has 0 aliphatic heterocycles. The van der Waals surface area contributed by atoms with Gasteiger partial charge >= 0.3 is 5.97 Å². The van der Waals surface area contributed by atoms with Crippen molar-refractivity contribution in [2.24, 2.45) is 0 Å². The summed E-state index contributed by atoms with van der Waals surface area (Å²) in [6, 6.07) is 14.1. The largest absolute Gasteiger partial charge is 0.497 e. The van der Waals surface area contributed by atoms with E-state index in [0.29, 0.717) is 24.5 Å². The van der Waals surface area contributed by atoms with Crippen molar-refractivity contribution in [3.05, 3.63) is 59.7 Å². The van der Waals surface area contributed by atoms with Gasteiger partial charge in [-0.15, -0.1) is 0 Å². The van der Waals surface area contributed by atoms with E-state index in [4.69, 9.17) is 14.2 Å². The monoisotopic (exact) mass is 427 g/mol. The molecule has 2 aromatic rings. The maximum atomic E-state index is 12.3. The highest BCUT2D eigenvalue weighted by Gasteiger charge is 2.18. The molecule has 2 aromatic carbocycles. The summed E-state index contributed by atoms with van der Waals surface area (Å²) in [4.78, 5) is 36.4. The summed E-state index contributed by atoms with van der Waals surface area (Å²) in [5.74, 6) is 0.261. The molecule has 2 rings (SSSR count). The molecule has 0 bridgehead atoms. The van der Waals surface area contributed by atoms with Crippen LogP contribution in [0.1, 0.15) is 49.0 Å². The Hall–Kier alpha value is -3.35. The molecule has 0 radical (unpaired) electrons. The Morgan fingerprint density at radius 3 is 2.19 bits per heavy atom. The minimum atomic E-state index is -0.948. The van der Waals surface area contributed by atoms with Crippen molar-refractivity contribution in [2.75, 3.05) is 13.7 Å². The van der Waals surface area contributed by atoms with Gasteiger partial charge < -0.3 is 19.5 Å². The molecule has 166 valence electrons. The van der Waals surface area contributed by atoms with Gasteiger partial charge in [0.05, 0.1) is 20.1 Å². The number of hydrogen-bond acceptors (Lipinski definition) is 6. The van der Waals surface area contributed by atoms with Crippen molar-refractivity contribution in [3.8, 4) is 11.5 Å². The number of amides is 1. The lowest BCUT2D eigenvalue weighted by atomic mass is 10.1. The Bertz CT molecular complexity index is 861. The van der Waals surface area contributed by atoms with Crippen molar-refractivity contribution < 1.29 is 28.6 Å². The lowest BCUT2D eigenvalue weighted by Crippen LogP contribution is -2.35. The maximum absolute atomic E-state index is 12.3. The first-order chi connectivity index (χ1) is 14.9. The SMILES string of the molecule is CCCOc1ccc(C(=O)CCC(=O)O[C@H](C)C(=O)NCc2ccc(OC)cc2)cc1. The number of benzene rings is 2. The highest BCUT2D eigenvalue weighted by Crippen LogP contribution is 2.15. The molecule has 0 heterocycles. The topological polar surface area (TPSA) is 90.9 Å². The number of ether oxygens (including phenoxy) is 3. The highest BCUT2D eigenvalue weighted by atomic mass is 16.5. The van der Waals surface area contributed by atoms with Gasteiger partial charge in [-0.3, -0.25) is 14.4 Å². The molecule has 1 amide bonds. The zero-order chi connectivity index (χ0) is 22.6. The second-order valence-corrected chi connectivity index (χ2v) is 6.99. The standard InChI is InChI=1S/C24H29NO6/c1-4-15-30-21-11-7-19(8-12-21)22(26)13-14-23(27)31-17(2)24(28)25-16-18-5-9-20(29-3)10-6-18/h5-12,17H,4,13-16H2,1-3H3,(H,25,28)/t17-/m1/s1. The predicted octanol–water partition coefficient (Wildman–Crippen LogP) is 3.70. The summed E-state index contributed by atoms with van der Waals surface area (Å²) >= 11 is 0. The van der Waals surface area contributed by atoms with E-state index < -0.39 is 18.0 Å². The van der Waals surface area contributed by atoms with Crippen LogP contribution in [0.15, 0.2) is 48.5 Å². The van der Waals surface area contributed by atoms with E-state index in [0.717, 1.165) is 17.7 Å². The summed E-state index contributed by atoms with van der Waals surface area (Å²) in [6.45, 7) is 4.44. The first-order valence-electron chi connectivity index (χ1n) is 10.3. The lowest BCUT2D eigenvalue weighted by molar-refractivity contribution is -0.154. The van der Waals surface area contributed by atoms with Crippen LogP contribution in [0.2, 0.25) is 0 Å². The summed E-state index contributed by atoms with van der Waals surface area (Å²) < 4.78 is 15.7. The van der Waals surface area contributed by atoms with E-state index in [-0.39, 0.29) is 18.6 Å². The normalized spacial score (nSPS) is 11.3. The molecule has 7 heteroatoms. The smallest absolute Gasteiger partial charge is 0.307 e. The van der Waals surface area contributed by atoms with Crippen LogP contribution in [0.3, 0.4) is 0 Å². The number of carbonyl (C=O) groups excluding carboxylic acids is 3. The first kappa shape index (κ1) is 23.9. The van der Waals surface area contributed by atoms with Gasteiger partial charge in [-0.2, -0.15) is 0 Å². The Balaban J connectivity index is 1.72. The molecule has 1 N–H and O–H groups in total. The highest BCUT2D eigenvalue weighted by molar-refractivity contribution is 5.97. The summed E-state index contributed by atoms with van der Waals surface area (Å²) in [6.07, 6.45) is -0.131. The zero-order valence-corrected chi connectivity index (χ0v) is 18.2. The fourth-order valence-electron chi connectivity index (χ4n) is 2.70. The molecular formula is C24H29NO6. The molecule has 0 aliphatic carbocycles. The fraction of sp³-hybridized carbons (Fsp3) is 0.375. The fourth-order valence-corrected chi connectivity index (χ4v) is 2.70. The molecule has 0 saturated carbocycles. The third kappa shape index (κ3) is 8.12. The van der Waals surface area contributed by atoms with Crippen LogP contribution in [0.25, 0.3) is 0 Å². The molecule has 0 aromatic heterocycles. The van der Waals surface area contributed by atoms with Gasteiger partial charge in [-0.05, 0) is 55.3 Å². The molecule has 0 unspecified atom stereocenters. The summed E-state index contributed by atoms with van der Waals surface area (Å²) in [5, 5.41) is 2.72. The Labute approximate surface area is 182 Å². The van der Waals surface area contributed by atoms with Crippen molar-refractivity contribution in [1.82, 2.24) is 5.32 Å². The Morgan fingerprint density at radius 2 is 1.58 bits per heavy atom. The number of esters is 1. The molecule has 0 saturated heterocycles. The minimum Gasteiger partial charge on any atom is -0.497 e. The van der Waals surface area contributed by atoms with E-state index in [2.05, 4.69) is 5.32 Å². The van der Waals surface area contributed by atoms with Crippen LogP contribution in [0, 0.1) is 0 Å². The van der Waals surface area contributed by atoms with E-state index in [1.54, 1.807) is 43.5 Å². The third-order valence-corrected chi connectivity index (χ3v) is 4.51. The van der Waals surface area contributed by atoms with Gasteiger partial charge in [0, 0.05) is 18.5 Å². The number of nitrogens with one attached hydrogen (secondary N) is 1. The van der Waals surface area contributed by atoms with Crippen molar-refractivity contribution >= 4 is 17.7 Å². The number of rotatable bonds is 12. The zero-order valence-electron chi connectivity index (χ0n) is 18.2. The van der Waals surface area contributed by atoms with Gasteiger partial charge in [0.2, 0.25) is 0 Å². The quantitative estimate of drug-likeness (QED) is 0.410. The lowest BCUT2D eigenvalue weighted by Gasteiger charge is -2.13. The van der Waals surface area contributed by atoms with Gasteiger partial charge in [0.1, 0.15) is 11.5 Å². The minimum absolute atomic E-state index is 0.00812. The molecule has 0 aliphatic rings. The molecular weight excluding hydrogens is 398 g/mol. The van der Waals surface area contributed by atoms with Gasteiger partial charge in [-0.25, -0.2) is 0 Å². The number of methoxy groups -OCH3 is 1. The van der Waals surface area contributed by atoms with E-state index >= 15 is 0 Å². The van der Waals surface area contributed by atoms with Crippen LogP contribution in [-0.2, 0) is 20.9 Å². The molecule has 31 heavy (non-hydrogen) atoms. The number of hydrogen-bond donors (Lipinski definition) is 1. The van der Waals surface area contributed by atoms with Crippen molar-refractivity contribution in [1.29, 1.82) is 0 Å². The van der Waals surface area contributed by atoms with Gasteiger partial charge in [0.15, 0.2) is 11.9 Å². The average molecular weight is 427 g/mol. The second kappa shape index (κ2) is 12.4. The van der Waals surface area contributed by atoms with Crippen LogP contribution in [-0.4, -0.2) is 37.5 Å². The number of ketones is 1. The number of carbonyl (C=O) groups is 3. The Morgan fingerprint density at radius 1 is 0.935 bits per heavy atom. The van der Waals surface area contributed by atoms with E-state index in [9.17, 15) is 14.4 Å². The summed E-state index contributed by atoms with van der Waals surface area (Å²) in [7, 11) is 1.58. The van der Waals surface area contributed by atoms with Crippen molar-refractivity contribution in [3.63, 3.8) is 0 Å². The predicted molar refractivity (Wildman–Crippen MR) is 116 cm³/mol. The van der Waals surface area contributed by atoms with Gasteiger partial charge in [-0.1, -0.05) is 19.1 Å². The number of Topliss-reactive ketones (excluding diaryl/α,β-unsaturated/α-hetero) is 1. The third-order valence-electron chi connectivity index (χ3n) is 4.51. The molecule has 0 spiro atoms. The first-order valence-corrected chi connectivity index (χ1v) is 10.3. The molecule has 7 nitrogen and oxygen atoms in total. The Kier molecular flexibility index (Phi) is 9.55. The van der Waals surface area contributed by atoms with E-state index in [1.807, 2.05) is 19.1 Å². The van der Waals surface area contributed by atoms with E-state index in [1.165, 1.54) is 6.92 Å². The van der Waals surface area contributed by atoms with Crippen molar-refractivity contribution in [2.45, 2.75) is 45.8 Å². The molecule has 0 fully saturated rings. The van der Waals surface area contributed by atoms with Crippen LogP contribution in [0.5, 0.6) is 11.5 Å². The average Bonchev–Trinajstić information content (AvgIpc) is 2.80.